The number of carbonyl (C=O) groups excluding carboxylic acids is 1. The van der Waals surface area contributed by atoms with E-state index in [-0.39, 0.29) is 24.2 Å². The molecule has 104 valence electrons. The van der Waals surface area contributed by atoms with Crippen LogP contribution in [0, 0.1) is 11.8 Å². The van der Waals surface area contributed by atoms with Crippen LogP contribution in [0.5, 0.6) is 0 Å². The first kappa shape index (κ1) is 13.6. The second kappa shape index (κ2) is 4.70. The number of aliphatic hydroxyl groups excluding tert-OH is 1. The summed E-state index contributed by atoms with van der Waals surface area (Å²) in [5.41, 5.74) is -0.621. The molecule has 1 aliphatic carbocycles. The van der Waals surface area contributed by atoms with Crippen molar-refractivity contribution in [1.82, 2.24) is 10.6 Å². The fourth-order valence-corrected chi connectivity index (χ4v) is 2.80. The van der Waals surface area contributed by atoms with Gasteiger partial charge in [-0.2, -0.15) is 0 Å². The van der Waals surface area contributed by atoms with Crippen LogP contribution in [0.2, 0.25) is 0 Å². The Morgan fingerprint density at radius 3 is 2.61 bits per heavy atom. The maximum Gasteiger partial charge on any atom is 0.408 e. The van der Waals surface area contributed by atoms with E-state index < -0.39 is 5.60 Å². The average molecular weight is 256 g/mol. The normalized spacial score (nSPS) is 30.0. The van der Waals surface area contributed by atoms with Crippen molar-refractivity contribution in [3.8, 4) is 0 Å². The molecule has 0 bridgehead atoms. The number of hydrogen-bond acceptors (Lipinski definition) is 4. The smallest absolute Gasteiger partial charge is 0.408 e. The Morgan fingerprint density at radius 1 is 1.44 bits per heavy atom. The van der Waals surface area contributed by atoms with E-state index in [0.29, 0.717) is 5.92 Å². The highest BCUT2D eigenvalue weighted by molar-refractivity contribution is 5.69. The zero-order chi connectivity index (χ0) is 13.4. The lowest BCUT2D eigenvalue weighted by atomic mass is 9.87. The minimum atomic E-state index is -0.468. The number of alkyl carbamates (subject to hydrolysis) is 1. The van der Waals surface area contributed by atoms with Crippen molar-refractivity contribution in [3.05, 3.63) is 0 Å². The monoisotopic (exact) mass is 256 g/mol. The van der Waals surface area contributed by atoms with Crippen LogP contribution in [0.1, 0.15) is 33.6 Å². The van der Waals surface area contributed by atoms with Gasteiger partial charge in [-0.3, -0.25) is 0 Å². The lowest BCUT2D eigenvalue weighted by Crippen LogP contribution is -2.47. The van der Waals surface area contributed by atoms with Crippen molar-refractivity contribution in [2.45, 2.75) is 44.8 Å². The van der Waals surface area contributed by atoms with Crippen molar-refractivity contribution in [1.29, 1.82) is 0 Å². The quantitative estimate of drug-likeness (QED) is 0.701. The molecule has 1 saturated carbocycles. The number of rotatable bonds is 3. The highest BCUT2D eigenvalue weighted by Crippen LogP contribution is 2.46. The summed E-state index contributed by atoms with van der Waals surface area (Å²) >= 11 is 0. The fraction of sp³-hybridized carbons (Fsp3) is 0.923. The third-order valence-corrected chi connectivity index (χ3v) is 3.82. The number of aliphatic hydroxyl groups is 1. The van der Waals surface area contributed by atoms with Crippen LogP contribution in [-0.4, -0.2) is 42.0 Å². The Balaban J connectivity index is 1.94. The van der Waals surface area contributed by atoms with Crippen molar-refractivity contribution >= 4 is 6.09 Å². The molecule has 0 aromatic heterocycles. The molecule has 1 heterocycles. The largest absolute Gasteiger partial charge is 0.444 e. The van der Waals surface area contributed by atoms with Crippen LogP contribution in [0.25, 0.3) is 0 Å². The van der Waals surface area contributed by atoms with E-state index in [1.54, 1.807) is 0 Å². The van der Waals surface area contributed by atoms with Gasteiger partial charge >= 0.3 is 6.09 Å². The van der Waals surface area contributed by atoms with Gasteiger partial charge in [-0.05, 0) is 33.6 Å². The maximum absolute atomic E-state index is 11.8. The molecule has 1 amide bonds. The van der Waals surface area contributed by atoms with Crippen molar-refractivity contribution in [2.75, 3.05) is 19.7 Å². The van der Waals surface area contributed by atoms with Crippen molar-refractivity contribution in [2.24, 2.45) is 11.8 Å². The number of amides is 1. The van der Waals surface area contributed by atoms with E-state index in [1.165, 1.54) is 0 Å². The van der Waals surface area contributed by atoms with Crippen LogP contribution in [0.4, 0.5) is 4.79 Å². The van der Waals surface area contributed by atoms with E-state index in [0.717, 1.165) is 25.9 Å². The zero-order valence-electron chi connectivity index (χ0n) is 11.5. The lowest BCUT2D eigenvalue weighted by Gasteiger charge is -2.29. The highest BCUT2D eigenvalue weighted by atomic mass is 16.6. The Morgan fingerprint density at radius 2 is 2.11 bits per heavy atom. The third-order valence-electron chi connectivity index (χ3n) is 3.82. The van der Waals surface area contributed by atoms with Gasteiger partial charge in [-0.15, -0.1) is 0 Å². The summed E-state index contributed by atoms with van der Waals surface area (Å²) in [7, 11) is 0. The van der Waals surface area contributed by atoms with Gasteiger partial charge in [0, 0.05) is 37.1 Å². The summed E-state index contributed by atoms with van der Waals surface area (Å²) in [5.74, 6) is 0.553. The van der Waals surface area contributed by atoms with Gasteiger partial charge in [0.25, 0.3) is 0 Å². The van der Waals surface area contributed by atoms with Gasteiger partial charge in [-0.1, -0.05) is 0 Å². The first-order valence-electron chi connectivity index (χ1n) is 6.69. The van der Waals surface area contributed by atoms with E-state index >= 15 is 0 Å². The Hall–Kier alpha value is -0.810. The molecule has 0 unspecified atom stereocenters. The van der Waals surface area contributed by atoms with Crippen LogP contribution < -0.4 is 10.6 Å². The summed E-state index contributed by atoms with van der Waals surface area (Å²) in [6, 6.07) is 0. The minimum Gasteiger partial charge on any atom is -0.444 e. The van der Waals surface area contributed by atoms with E-state index in [1.807, 2.05) is 20.8 Å². The molecule has 0 aromatic rings. The summed E-state index contributed by atoms with van der Waals surface area (Å²) in [5, 5.41) is 15.7. The molecule has 5 heteroatoms. The molecule has 2 aliphatic rings. The predicted molar refractivity (Wildman–Crippen MR) is 68.3 cm³/mol. The number of carbonyl (C=O) groups is 1. The standard InChI is InChI=1S/C13H24N2O3/c1-12(2,3)18-11(17)15-13(4-5-13)10-7-14-6-9(10)8-16/h9-10,14,16H,4-8H2,1-3H3,(H,15,17)/t9-,10-/m1/s1. The summed E-state index contributed by atoms with van der Waals surface area (Å²) < 4.78 is 5.31. The second-order valence-electron chi connectivity index (χ2n) is 6.49. The van der Waals surface area contributed by atoms with Crippen molar-refractivity contribution < 1.29 is 14.6 Å². The molecule has 1 saturated heterocycles. The molecule has 0 radical (unpaired) electrons. The molecule has 0 aromatic carbocycles. The average Bonchev–Trinajstić information content (AvgIpc) is 2.84. The maximum atomic E-state index is 11.8. The summed E-state index contributed by atoms with van der Waals surface area (Å²) in [4.78, 5) is 11.8. The molecular weight excluding hydrogens is 232 g/mol. The molecule has 3 N–H and O–H groups in total. The van der Waals surface area contributed by atoms with Gasteiger partial charge in [0.1, 0.15) is 5.60 Å². The molecule has 18 heavy (non-hydrogen) atoms. The third kappa shape index (κ3) is 2.95. The van der Waals surface area contributed by atoms with Crippen LogP contribution in [0.3, 0.4) is 0 Å². The molecule has 1 aliphatic heterocycles. The fourth-order valence-electron chi connectivity index (χ4n) is 2.80. The van der Waals surface area contributed by atoms with Crippen molar-refractivity contribution in [3.63, 3.8) is 0 Å². The number of nitrogens with one attached hydrogen (secondary N) is 2. The molecule has 2 fully saturated rings. The predicted octanol–water partition coefficient (Wildman–Crippen LogP) is 0.872. The van der Waals surface area contributed by atoms with Gasteiger partial charge in [-0.25, -0.2) is 4.79 Å². The topological polar surface area (TPSA) is 70.6 Å². The number of ether oxygens (including phenoxy) is 1. The van der Waals surface area contributed by atoms with Crippen LogP contribution in [-0.2, 0) is 4.74 Å². The van der Waals surface area contributed by atoms with Crippen LogP contribution in [0.15, 0.2) is 0 Å². The first-order valence-corrected chi connectivity index (χ1v) is 6.69. The van der Waals surface area contributed by atoms with E-state index in [2.05, 4.69) is 10.6 Å². The SMILES string of the molecule is CC(C)(C)OC(=O)NC1([C@@H]2CNC[C@@H]2CO)CC1. The Bertz CT molecular complexity index is 321. The molecular formula is C13H24N2O3. The van der Waals surface area contributed by atoms with Crippen LogP contribution >= 0.6 is 0 Å². The van der Waals surface area contributed by atoms with E-state index in [9.17, 15) is 9.90 Å². The Labute approximate surface area is 108 Å². The lowest BCUT2D eigenvalue weighted by molar-refractivity contribution is 0.0458. The van der Waals surface area contributed by atoms with Gasteiger partial charge < -0.3 is 20.5 Å². The summed E-state index contributed by atoms with van der Waals surface area (Å²) in [6.45, 7) is 7.45. The molecule has 2 atom stereocenters. The first-order chi connectivity index (χ1) is 8.36. The second-order valence-corrected chi connectivity index (χ2v) is 6.49. The summed E-state index contributed by atoms with van der Waals surface area (Å²) in [6.07, 6.45) is 1.62. The highest BCUT2D eigenvalue weighted by Gasteiger charge is 2.54. The van der Waals surface area contributed by atoms with Gasteiger partial charge in [0.05, 0.1) is 0 Å². The van der Waals surface area contributed by atoms with E-state index in [4.69, 9.17) is 4.74 Å². The minimum absolute atomic E-state index is 0.154. The molecule has 2 rings (SSSR count). The van der Waals surface area contributed by atoms with Gasteiger partial charge in [0.2, 0.25) is 0 Å². The number of hydrogen-bond donors (Lipinski definition) is 3. The zero-order valence-corrected chi connectivity index (χ0v) is 11.5. The Kier molecular flexibility index (Phi) is 3.56. The molecule has 0 spiro atoms. The molecule has 5 nitrogen and oxygen atoms in total. The van der Waals surface area contributed by atoms with Gasteiger partial charge in [0.15, 0.2) is 0 Å².